The molecule has 0 spiro atoms. The third kappa shape index (κ3) is 2.96. The molecule has 2 aromatic rings. The number of aromatic amines is 1. The summed E-state index contributed by atoms with van der Waals surface area (Å²) < 4.78 is 6.71. The maximum atomic E-state index is 12.3. The number of nitrogens with one attached hydrogen (secondary N) is 3. The van der Waals surface area contributed by atoms with Gasteiger partial charge < -0.3 is 15.4 Å². The van der Waals surface area contributed by atoms with Gasteiger partial charge >= 0.3 is 0 Å². The first-order valence-electron chi connectivity index (χ1n) is 6.88. The van der Waals surface area contributed by atoms with Crippen molar-refractivity contribution in [1.82, 2.24) is 25.3 Å². The second kappa shape index (κ2) is 6.06. The van der Waals surface area contributed by atoms with E-state index in [-0.39, 0.29) is 5.91 Å². The first kappa shape index (κ1) is 13.8. The molecule has 8 heteroatoms. The number of H-pyrrole nitrogens is 1. The number of hydrogen-bond donors (Lipinski definition) is 3. The molecule has 1 amide bonds. The zero-order chi connectivity index (χ0) is 14.7. The highest BCUT2D eigenvalue weighted by atomic mass is 16.5. The van der Waals surface area contributed by atoms with Gasteiger partial charge in [-0.05, 0) is 0 Å². The molecule has 0 fully saturated rings. The molecule has 0 aromatic carbocycles. The average Bonchev–Trinajstić information content (AvgIpc) is 3.11. The van der Waals surface area contributed by atoms with Crippen molar-refractivity contribution >= 4 is 11.7 Å². The summed E-state index contributed by atoms with van der Waals surface area (Å²) in [5.41, 5.74) is 2.41. The van der Waals surface area contributed by atoms with E-state index < -0.39 is 0 Å². The van der Waals surface area contributed by atoms with Crippen LogP contribution in [0.25, 0.3) is 0 Å². The molecule has 0 bridgehead atoms. The molecule has 1 aliphatic rings. The van der Waals surface area contributed by atoms with Crippen molar-refractivity contribution in [3.8, 4) is 0 Å². The maximum absolute atomic E-state index is 12.3. The largest absolute Gasteiger partial charge is 0.383 e. The van der Waals surface area contributed by atoms with Gasteiger partial charge in [0.05, 0.1) is 13.2 Å². The number of methoxy groups -OCH3 is 1. The van der Waals surface area contributed by atoms with Crippen molar-refractivity contribution in [2.75, 3.05) is 25.6 Å². The lowest BCUT2D eigenvalue weighted by atomic mass is 10.1. The van der Waals surface area contributed by atoms with Crippen molar-refractivity contribution in [3.63, 3.8) is 0 Å². The van der Waals surface area contributed by atoms with E-state index >= 15 is 0 Å². The van der Waals surface area contributed by atoms with E-state index in [9.17, 15) is 4.79 Å². The monoisotopic (exact) mass is 290 g/mol. The van der Waals surface area contributed by atoms with Gasteiger partial charge in [-0.1, -0.05) is 0 Å². The Morgan fingerprint density at radius 2 is 2.48 bits per heavy atom. The van der Waals surface area contributed by atoms with Gasteiger partial charge in [0, 0.05) is 50.1 Å². The van der Waals surface area contributed by atoms with Gasteiger partial charge in [-0.3, -0.25) is 14.6 Å². The Hall–Kier alpha value is -2.19. The Balaban J connectivity index is 1.68. The Morgan fingerprint density at radius 3 is 3.33 bits per heavy atom. The Labute approximate surface area is 121 Å². The Kier molecular flexibility index (Phi) is 3.98. The first-order chi connectivity index (χ1) is 10.3. The van der Waals surface area contributed by atoms with Gasteiger partial charge in [0.2, 0.25) is 0 Å². The molecule has 3 rings (SSSR count). The number of carbonyl (C=O) groups excluding carboxylic acids is 1. The summed E-state index contributed by atoms with van der Waals surface area (Å²) in [7, 11) is 1.64. The second-order valence-electron chi connectivity index (χ2n) is 4.87. The van der Waals surface area contributed by atoms with Crippen LogP contribution in [0.5, 0.6) is 0 Å². The van der Waals surface area contributed by atoms with Gasteiger partial charge in [0.1, 0.15) is 0 Å². The molecule has 21 heavy (non-hydrogen) atoms. The van der Waals surface area contributed by atoms with Gasteiger partial charge in [-0.25, -0.2) is 0 Å². The van der Waals surface area contributed by atoms with Crippen molar-refractivity contribution < 1.29 is 9.53 Å². The molecule has 0 saturated heterocycles. The van der Waals surface area contributed by atoms with E-state index in [2.05, 4.69) is 25.9 Å². The molecular weight excluding hydrogens is 272 g/mol. The van der Waals surface area contributed by atoms with E-state index in [1.807, 2.05) is 0 Å². The molecule has 1 aliphatic heterocycles. The van der Waals surface area contributed by atoms with E-state index in [0.29, 0.717) is 31.2 Å². The zero-order valence-electron chi connectivity index (χ0n) is 11.8. The molecule has 0 saturated carbocycles. The van der Waals surface area contributed by atoms with E-state index in [1.165, 1.54) is 0 Å². The summed E-state index contributed by atoms with van der Waals surface area (Å²) in [6, 6.07) is 1.75. The van der Waals surface area contributed by atoms with Crippen LogP contribution in [0.15, 0.2) is 12.3 Å². The third-order valence-corrected chi connectivity index (χ3v) is 3.43. The van der Waals surface area contributed by atoms with Crippen LogP contribution in [0.1, 0.15) is 21.7 Å². The molecule has 0 aliphatic carbocycles. The van der Waals surface area contributed by atoms with E-state index in [0.717, 1.165) is 24.2 Å². The standard InChI is InChI=1S/C13H18N6O2/c1-21-7-6-19-5-3-11(18-19)15-13(20)12-9-8-14-4-2-10(9)16-17-12/h3,5,14H,2,4,6-8H2,1H3,(H,16,17)(H,15,18,20). The number of fused-ring (bicyclic) bond motifs is 1. The number of aromatic nitrogens is 4. The predicted octanol–water partition coefficient (Wildman–Crippen LogP) is 0.151. The topological polar surface area (TPSA) is 96.9 Å². The van der Waals surface area contributed by atoms with Crippen molar-refractivity contribution in [3.05, 3.63) is 29.2 Å². The molecule has 2 aromatic heterocycles. The summed E-state index contributed by atoms with van der Waals surface area (Å²) in [5, 5.41) is 17.3. The van der Waals surface area contributed by atoms with Gasteiger partial charge in [-0.15, -0.1) is 0 Å². The highest BCUT2D eigenvalue weighted by Crippen LogP contribution is 2.16. The van der Waals surface area contributed by atoms with Crippen molar-refractivity contribution in [1.29, 1.82) is 0 Å². The molecule has 8 nitrogen and oxygen atoms in total. The van der Waals surface area contributed by atoms with Crippen LogP contribution >= 0.6 is 0 Å². The lowest BCUT2D eigenvalue weighted by molar-refractivity contribution is 0.102. The minimum Gasteiger partial charge on any atom is -0.383 e. The summed E-state index contributed by atoms with van der Waals surface area (Å²) >= 11 is 0. The van der Waals surface area contributed by atoms with Gasteiger partial charge in [0.15, 0.2) is 11.5 Å². The van der Waals surface area contributed by atoms with Crippen molar-refractivity contribution in [2.45, 2.75) is 19.5 Å². The molecule has 112 valence electrons. The number of rotatable bonds is 5. The average molecular weight is 290 g/mol. The number of ether oxygens (including phenoxy) is 1. The van der Waals surface area contributed by atoms with Crippen LogP contribution in [0, 0.1) is 0 Å². The predicted molar refractivity (Wildman–Crippen MR) is 76.1 cm³/mol. The number of amides is 1. The van der Waals surface area contributed by atoms with Gasteiger partial charge in [0.25, 0.3) is 5.91 Å². The number of anilines is 1. The fourth-order valence-electron chi connectivity index (χ4n) is 2.33. The van der Waals surface area contributed by atoms with Crippen molar-refractivity contribution in [2.24, 2.45) is 0 Å². The summed E-state index contributed by atoms with van der Waals surface area (Å²) in [6.45, 7) is 2.79. The van der Waals surface area contributed by atoms with Gasteiger partial charge in [-0.2, -0.15) is 10.2 Å². The minimum atomic E-state index is -0.242. The van der Waals surface area contributed by atoms with Crippen LogP contribution in [0.2, 0.25) is 0 Å². The fraction of sp³-hybridized carbons (Fsp3) is 0.462. The molecule has 0 radical (unpaired) electrons. The summed E-state index contributed by atoms with van der Waals surface area (Å²) in [4.78, 5) is 12.3. The Morgan fingerprint density at radius 1 is 1.57 bits per heavy atom. The summed E-state index contributed by atoms with van der Waals surface area (Å²) in [6.07, 6.45) is 2.66. The molecule has 0 unspecified atom stereocenters. The number of nitrogens with zero attached hydrogens (tertiary/aromatic N) is 3. The van der Waals surface area contributed by atoms with E-state index in [4.69, 9.17) is 4.74 Å². The molecule has 0 atom stereocenters. The summed E-state index contributed by atoms with van der Waals surface area (Å²) in [5.74, 6) is 0.268. The van der Waals surface area contributed by atoms with Crippen LogP contribution in [-0.2, 0) is 24.2 Å². The molecule has 3 heterocycles. The van der Waals surface area contributed by atoms with E-state index in [1.54, 1.807) is 24.1 Å². The SMILES string of the molecule is COCCn1ccc(NC(=O)c2n[nH]c3c2CNCC3)n1. The van der Waals surface area contributed by atoms with Crippen LogP contribution in [0.4, 0.5) is 5.82 Å². The highest BCUT2D eigenvalue weighted by molar-refractivity contribution is 6.03. The maximum Gasteiger partial charge on any atom is 0.277 e. The fourth-order valence-corrected chi connectivity index (χ4v) is 2.33. The number of carbonyl (C=O) groups is 1. The quantitative estimate of drug-likeness (QED) is 0.728. The second-order valence-corrected chi connectivity index (χ2v) is 4.87. The molecule has 3 N–H and O–H groups in total. The lowest BCUT2D eigenvalue weighted by Gasteiger charge is -2.12. The lowest BCUT2D eigenvalue weighted by Crippen LogP contribution is -2.25. The third-order valence-electron chi connectivity index (χ3n) is 3.43. The minimum absolute atomic E-state index is 0.242. The van der Waals surface area contributed by atoms with Crippen LogP contribution in [0.3, 0.4) is 0 Å². The normalized spacial score (nSPS) is 14.0. The number of hydrogen-bond acceptors (Lipinski definition) is 5. The zero-order valence-corrected chi connectivity index (χ0v) is 11.8. The van der Waals surface area contributed by atoms with Crippen LogP contribution in [-0.4, -0.2) is 46.1 Å². The first-order valence-corrected chi connectivity index (χ1v) is 6.88. The Bertz CT molecular complexity index is 632. The smallest absolute Gasteiger partial charge is 0.277 e. The molecular formula is C13H18N6O2. The van der Waals surface area contributed by atoms with Crippen LogP contribution < -0.4 is 10.6 Å². The highest BCUT2D eigenvalue weighted by Gasteiger charge is 2.21.